The third kappa shape index (κ3) is 3.01. The molecule has 3 N–H and O–H groups in total. The highest BCUT2D eigenvalue weighted by atomic mass is 16.5. The largest absolute Gasteiger partial charge is 0.489 e. The molecule has 0 amide bonds. The van der Waals surface area contributed by atoms with Crippen LogP contribution in [0, 0.1) is 0 Å². The Morgan fingerprint density at radius 2 is 2.22 bits per heavy atom. The van der Waals surface area contributed by atoms with Crippen molar-refractivity contribution in [2.75, 3.05) is 18.9 Å². The summed E-state index contributed by atoms with van der Waals surface area (Å²) in [6, 6.07) is 1.81. The first-order valence-electron chi connectivity index (χ1n) is 6.11. The fourth-order valence-corrected chi connectivity index (χ4v) is 1.85. The molecule has 100 valence electrons. The number of ether oxygens (including phenoxy) is 1. The molecule has 1 heterocycles. The third-order valence-corrected chi connectivity index (χ3v) is 3.22. The monoisotopic (exact) mass is 250 g/mol. The topological polar surface area (TPSA) is 68.4 Å². The predicted molar refractivity (Wildman–Crippen MR) is 73.7 cm³/mol. The van der Waals surface area contributed by atoms with E-state index in [1.807, 2.05) is 6.07 Å². The van der Waals surface area contributed by atoms with Gasteiger partial charge in [0.25, 0.3) is 0 Å². The highest BCUT2D eigenvalue weighted by Crippen LogP contribution is 2.38. The molecule has 1 aromatic heterocycles. The summed E-state index contributed by atoms with van der Waals surface area (Å²) in [5.74, 6) is 1.11. The van der Waals surface area contributed by atoms with E-state index in [1.165, 1.54) is 0 Å². The molecule has 0 aromatic carbocycles. The smallest absolute Gasteiger partial charge is 0.141 e. The van der Waals surface area contributed by atoms with Crippen LogP contribution in [0.1, 0.15) is 32.8 Å². The number of hydrogen-bond donors (Lipinski definition) is 2. The highest BCUT2D eigenvalue weighted by Gasteiger charge is 2.27. The maximum atomic E-state index is 8.84. The number of nitrogens with two attached hydrogens (primary N) is 1. The van der Waals surface area contributed by atoms with Gasteiger partial charge in [-0.3, -0.25) is 0 Å². The van der Waals surface area contributed by atoms with Crippen molar-refractivity contribution in [1.82, 2.24) is 4.98 Å². The number of pyridine rings is 1. The van der Waals surface area contributed by atoms with Crippen LogP contribution in [0.5, 0.6) is 5.75 Å². The predicted octanol–water partition coefficient (Wildman–Crippen LogP) is 2.28. The van der Waals surface area contributed by atoms with E-state index < -0.39 is 0 Å². The Labute approximate surface area is 108 Å². The third-order valence-electron chi connectivity index (χ3n) is 3.22. The summed E-state index contributed by atoms with van der Waals surface area (Å²) < 4.78 is 5.51. The summed E-state index contributed by atoms with van der Waals surface area (Å²) in [6.07, 6.45) is 2.49. The maximum absolute atomic E-state index is 8.84. The average Bonchev–Trinajstić information content (AvgIpc) is 2.36. The van der Waals surface area contributed by atoms with Crippen LogP contribution in [-0.4, -0.2) is 23.3 Å². The molecular weight excluding hydrogens is 228 g/mol. The van der Waals surface area contributed by atoms with Gasteiger partial charge < -0.3 is 15.6 Å². The minimum absolute atomic E-state index is 0.0288. The number of rotatable bonds is 6. The summed E-state index contributed by atoms with van der Waals surface area (Å²) in [7, 11) is 0. The van der Waals surface area contributed by atoms with Crippen LogP contribution in [0.2, 0.25) is 0 Å². The van der Waals surface area contributed by atoms with Gasteiger partial charge in [-0.2, -0.15) is 0 Å². The van der Waals surface area contributed by atoms with E-state index in [1.54, 1.807) is 6.20 Å². The minimum Gasteiger partial charge on any atom is -0.489 e. The zero-order valence-corrected chi connectivity index (χ0v) is 11.4. The molecule has 4 nitrogen and oxygen atoms in total. The molecule has 0 spiro atoms. The van der Waals surface area contributed by atoms with Gasteiger partial charge >= 0.3 is 0 Å². The van der Waals surface area contributed by atoms with Gasteiger partial charge in [-0.15, -0.1) is 0 Å². The molecule has 0 unspecified atom stereocenters. The van der Waals surface area contributed by atoms with E-state index in [4.69, 9.17) is 15.6 Å². The number of aliphatic hydroxyl groups excluding tert-OH is 1. The van der Waals surface area contributed by atoms with Crippen molar-refractivity contribution in [3.8, 4) is 5.75 Å². The van der Waals surface area contributed by atoms with Crippen molar-refractivity contribution >= 4 is 5.82 Å². The van der Waals surface area contributed by atoms with Crippen molar-refractivity contribution in [2.24, 2.45) is 0 Å². The first kappa shape index (κ1) is 14.5. The summed E-state index contributed by atoms with van der Waals surface area (Å²) in [5.41, 5.74) is 7.56. The lowest BCUT2D eigenvalue weighted by atomic mass is 9.77. The highest BCUT2D eigenvalue weighted by molar-refractivity contribution is 5.48. The van der Waals surface area contributed by atoms with Gasteiger partial charge in [-0.25, -0.2) is 4.98 Å². The molecule has 0 radical (unpaired) electrons. The van der Waals surface area contributed by atoms with Crippen molar-refractivity contribution in [1.29, 1.82) is 0 Å². The van der Waals surface area contributed by atoms with Gasteiger partial charge in [0, 0.05) is 11.0 Å². The molecule has 1 rings (SSSR count). The van der Waals surface area contributed by atoms with E-state index in [-0.39, 0.29) is 18.6 Å². The lowest BCUT2D eigenvalue weighted by Gasteiger charge is -2.29. The van der Waals surface area contributed by atoms with Crippen molar-refractivity contribution in [3.63, 3.8) is 0 Å². The standard InChI is InChI=1S/C14H22N2O2/c1-5-10(2)14(3,4)11-8-13(15)16-9-12(11)18-7-6-17/h8-9,17H,2,5-7H2,1,3-4H3,(H2,15,16). The van der Waals surface area contributed by atoms with Gasteiger partial charge in [0.1, 0.15) is 18.2 Å². The normalized spacial score (nSPS) is 11.3. The number of aromatic nitrogens is 1. The lowest BCUT2D eigenvalue weighted by molar-refractivity contribution is 0.198. The van der Waals surface area contributed by atoms with Gasteiger partial charge in [-0.1, -0.05) is 32.9 Å². The summed E-state index contributed by atoms with van der Waals surface area (Å²) >= 11 is 0. The molecule has 0 saturated heterocycles. The van der Waals surface area contributed by atoms with Crippen LogP contribution >= 0.6 is 0 Å². The molecule has 0 saturated carbocycles. The van der Waals surface area contributed by atoms with Gasteiger partial charge in [0.15, 0.2) is 0 Å². The van der Waals surface area contributed by atoms with Crippen LogP contribution < -0.4 is 10.5 Å². The maximum Gasteiger partial charge on any atom is 0.141 e. The summed E-state index contributed by atoms with van der Waals surface area (Å²) in [4.78, 5) is 4.03. The van der Waals surface area contributed by atoms with Crippen LogP contribution in [0.3, 0.4) is 0 Å². The van der Waals surface area contributed by atoms with Crippen LogP contribution in [-0.2, 0) is 5.41 Å². The fraction of sp³-hybridized carbons (Fsp3) is 0.500. The number of allylic oxidation sites excluding steroid dienone is 1. The van der Waals surface area contributed by atoms with Crippen molar-refractivity contribution < 1.29 is 9.84 Å². The number of anilines is 1. The second-order valence-corrected chi connectivity index (χ2v) is 4.76. The molecule has 0 fully saturated rings. The lowest BCUT2D eigenvalue weighted by Crippen LogP contribution is -2.21. The molecule has 0 aliphatic carbocycles. The zero-order valence-electron chi connectivity index (χ0n) is 11.4. The number of nitrogens with zero attached hydrogens (tertiary/aromatic N) is 1. The van der Waals surface area contributed by atoms with Gasteiger partial charge in [0.2, 0.25) is 0 Å². The SMILES string of the molecule is C=C(CC)C(C)(C)c1cc(N)ncc1OCCO. The Balaban J connectivity index is 3.19. The second kappa shape index (κ2) is 5.87. The van der Waals surface area contributed by atoms with Gasteiger partial charge in [-0.05, 0) is 12.5 Å². The minimum atomic E-state index is -0.239. The Morgan fingerprint density at radius 1 is 1.56 bits per heavy atom. The second-order valence-electron chi connectivity index (χ2n) is 4.76. The number of nitrogen functional groups attached to an aromatic ring is 1. The Hall–Kier alpha value is -1.55. The van der Waals surface area contributed by atoms with E-state index in [9.17, 15) is 0 Å². The first-order valence-corrected chi connectivity index (χ1v) is 6.11. The van der Waals surface area contributed by atoms with E-state index >= 15 is 0 Å². The van der Waals surface area contributed by atoms with Crippen LogP contribution in [0.25, 0.3) is 0 Å². The molecule has 0 aliphatic rings. The van der Waals surface area contributed by atoms with Gasteiger partial charge in [0.05, 0.1) is 12.8 Å². The van der Waals surface area contributed by atoms with Crippen LogP contribution in [0.15, 0.2) is 24.4 Å². The molecular formula is C14H22N2O2. The molecule has 0 aliphatic heterocycles. The number of hydrogen-bond acceptors (Lipinski definition) is 4. The van der Waals surface area contributed by atoms with Crippen molar-refractivity contribution in [2.45, 2.75) is 32.6 Å². The molecule has 18 heavy (non-hydrogen) atoms. The molecule has 4 heteroatoms. The zero-order chi connectivity index (χ0) is 13.8. The van der Waals surface area contributed by atoms with Crippen LogP contribution in [0.4, 0.5) is 5.82 Å². The first-order chi connectivity index (χ1) is 8.43. The molecule has 0 bridgehead atoms. The summed E-state index contributed by atoms with van der Waals surface area (Å²) in [5, 5.41) is 8.84. The average molecular weight is 250 g/mol. The molecule has 1 aromatic rings. The van der Waals surface area contributed by atoms with E-state index in [0.717, 1.165) is 17.6 Å². The van der Waals surface area contributed by atoms with E-state index in [2.05, 4.69) is 32.3 Å². The van der Waals surface area contributed by atoms with E-state index in [0.29, 0.717) is 11.6 Å². The summed E-state index contributed by atoms with van der Waals surface area (Å²) in [6.45, 7) is 10.6. The fourth-order valence-electron chi connectivity index (χ4n) is 1.85. The van der Waals surface area contributed by atoms with Crippen molar-refractivity contribution in [3.05, 3.63) is 30.0 Å². The Kier molecular flexibility index (Phi) is 4.73. The number of aliphatic hydroxyl groups is 1. The Morgan fingerprint density at radius 3 is 2.78 bits per heavy atom. The molecule has 0 atom stereocenters. The quantitative estimate of drug-likeness (QED) is 0.760. The Bertz CT molecular complexity index is 428.